The van der Waals surface area contributed by atoms with Gasteiger partial charge in [-0.1, -0.05) is 257 Å². The average molecular weight is 1060 g/mol. The summed E-state index contributed by atoms with van der Waals surface area (Å²) < 4.78 is 11.3. The monoisotopic (exact) mass is 1060 g/mol. The lowest BCUT2D eigenvalue weighted by molar-refractivity contribution is -0.302. The van der Waals surface area contributed by atoms with Gasteiger partial charge in [0.25, 0.3) is 0 Å². The molecule has 9 heteroatoms. The van der Waals surface area contributed by atoms with Crippen LogP contribution in [0.15, 0.2) is 134 Å². The Kier molecular flexibility index (Phi) is 50.6. The van der Waals surface area contributed by atoms with Crippen LogP contribution in [0.4, 0.5) is 0 Å². The van der Waals surface area contributed by atoms with Crippen molar-refractivity contribution in [2.75, 3.05) is 13.2 Å². The predicted molar refractivity (Wildman–Crippen MR) is 322 cm³/mol. The van der Waals surface area contributed by atoms with Gasteiger partial charge in [0.2, 0.25) is 5.91 Å². The maximum atomic E-state index is 13.1. The minimum absolute atomic E-state index is 0.150. The Bertz CT molecular complexity index is 1650. The average Bonchev–Trinajstić information content (AvgIpc) is 3.42. The van der Waals surface area contributed by atoms with E-state index in [1.54, 1.807) is 0 Å². The molecule has 0 aliphatic carbocycles. The number of nitrogens with one attached hydrogen (secondary N) is 1. The molecular weight excluding hydrogens is 947 g/mol. The fraction of sp³-hybridized carbons (Fsp3) is 0.657. The Balaban J connectivity index is 2.14. The number of amides is 1. The fourth-order valence-electron chi connectivity index (χ4n) is 8.75. The zero-order valence-corrected chi connectivity index (χ0v) is 48.0. The summed E-state index contributed by atoms with van der Waals surface area (Å²) in [5, 5.41) is 54.5. The lowest BCUT2D eigenvalue weighted by atomic mass is 9.99. The molecule has 6 N–H and O–H groups in total. The van der Waals surface area contributed by atoms with Crippen molar-refractivity contribution in [3.05, 3.63) is 134 Å². The van der Waals surface area contributed by atoms with Gasteiger partial charge in [0.1, 0.15) is 24.4 Å². The van der Waals surface area contributed by atoms with E-state index in [-0.39, 0.29) is 12.5 Å². The Morgan fingerprint density at radius 3 is 1.21 bits per heavy atom. The summed E-state index contributed by atoms with van der Waals surface area (Å²) in [5.41, 5.74) is 0. The number of aliphatic hydroxyl groups is 5. The molecule has 9 nitrogen and oxygen atoms in total. The van der Waals surface area contributed by atoms with Crippen molar-refractivity contribution >= 4 is 5.91 Å². The maximum Gasteiger partial charge on any atom is 0.220 e. The van der Waals surface area contributed by atoms with Gasteiger partial charge in [-0.3, -0.25) is 4.79 Å². The molecule has 432 valence electrons. The van der Waals surface area contributed by atoms with Gasteiger partial charge in [-0.05, 0) is 96.3 Å². The number of aliphatic hydroxyl groups excluding tert-OH is 5. The molecule has 7 unspecified atom stereocenters. The van der Waals surface area contributed by atoms with E-state index in [1.165, 1.54) is 77.0 Å². The molecular formula is C67H111NO8. The van der Waals surface area contributed by atoms with E-state index in [9.17, 15) is 30.3 Å². The molecule has 1 heterocycles. The van der Waals surface area contributed by atoms with Gasteiger partial charge in [-0.25, -0.2) is 0 Å². The van der Waals surface area contributed by atoms with Crippen LogP contribution in [0.5, 0.6) is 0 Å². The van der Waals surface area contributed by atoms with E-state index < -0.39 is 49.5 Å². The van der Waals surface area contributed by atoms with Crippen LogP contribution in [0.2, 0.25) is 0 Å². The zero-order valence-electron chi connectivity index (χ0n) is 48.0. The van der Waals surface area contributed by atoms with Gasteiger partial charge < -0.3 is 40.3 Å². The minimum atomic E-state index is -1.56. The molecule has 0 aromatic heterocycles. The second-order valence-electron chi connectivity index (χ2n) is 20.4. The summed E-state index contributed by atoms with van der Waals surface area (Å²) in [6.07, 6.45) is 76.3. The van der Waals surface area contributed by atoms with E-state index >= 15 is 0 Å². The van der Waals surface area contributed by atoms with Crippen LogP contribution >= 0.6 is 0 Å². The first kappa shape index (κ1) is 70.3. The number of rotatable bonds is 50. The van der Waals surface area contributed by atoms with Gasteiger partial charge in [-0.2, -0.15) is 0 Å². The van der Waals surface area contributed by atoms with Crippen LogP contribution in [-0.2, 0) is 14.3 Å². The first-order chi connectivity index (χ1) is 37.3. The van der Waals surface area contributed by atoms with Crippen molar-refractivity contribution in [1.82, 2.24) is 5.32 Å². The molecule has 0 bridgehead atoms. The number of allylic oxidation sites excluding steroid dienone is 22. The van der Waals surface area contributed by atoms with Gasteiger partial charge >= 0.3 is 0 Å². The molecule has 1 aliphatic heterocycles. The summed E-state index contributed by atoms with van der Waals surface area (Å²) in [6.45, 7) is 3.70. The lowest BCUT2D eigenvalue weighted by Gasteiger charge is -2.40. The molecule has 7 atom stereocenters. The Morgan fingerprint density at radius 1 is 0.461 bits per heavy atom. The highest BCUT2D eigenvalue weighted by atomic mass is 16.7. The molecule has 0 saturated carbocycles. The van der Waals surface area contributed by atoms with Gasteiger partial charge in [0.05, 0.1) is 25.4 Å². The maximum absolute atomic E-state index is 13.1. The molecule has 0 radical (unpaired) electrons. The number of hydrogen-bond acceptors (Lipinski definition) is 8. The molecule has 0 aromatic rings. The quantitative estimate of drug-likeness (QED) is 0.0261. The van der Waals surface area contributed by atoms with Crippen molar-refractivity contribution in [1.29, 1.82) is 0 Å². The third kappa shape index (κ3) is 43.3. The van der Waals surface area contributed by atoms with Crippen molar-refractivity contribution in [2.45, 2.75) is 269 Å². The SMILES string of the molecule is CC/C=C\C/C=C\C/C=C\C/C=C\C/C=C\C/C=C\C/C=C\C/C=C\C/C=C\C/C=C\C/C=C\CCCCCCCCCC(=O)NC(COC1OC(CO)C(O)C(O)C1O)C(O)CCCCCCCCCCCCCC. The standard InChI is InChI=1S/C67H111NO8/c1-3-5-7-9-11-13-15-17-18-19-20-21-22-23-24-25-26-27-28-29-30-31-32-33-34-35-36-37-38-39-40-41-42-43-44-45-47-49-51-53-55-57-63(71)68-60(59-75-67-66(74)65(73)64(72)62(58-69)76-67)61(70)56-54-52-50-48-46-16-14-12-10-8-6-4-2/h5,7,11,13,17-18,20-21,23-24,26-27,29-30,32-33,35-36,38-39,41-42,60-62,64-67,69-70,72-74H,3-4,6,8-10,12,14-16,19,22,25,28,31,34,37,40,43-59H2,1-2H3,(H,68,71)/b7-5-,13-11-,18-17-,21-20-,24-23-,27-26-,30-29-,33-32-,36-35-,39-38-,42-41-. The molecule has 1 rings (SSSR count). The van der Waals surface area contributed by atoms with E-state index in [1.807, 2.05) is 0 Å². The molecule has 0 aromatic carbocycles. The highest BCUT2D eigenvalue weighted by Gasteiger charge is 2.44. The Morgan fingerprint density at radius 2 is 0.816 bits per heavy atom. The minimum Gasteiger partial charge on any atom is -0.394 e. The van der Waals surface area contributed by atoms with Crippen molar-refractivity contribution in [3.63, 3.8) is 0 Å². The first-order valence-corrected chi connectivity index (χ1v) is 30.4. The molecule has 1 amide bonds. The number of ether oxygens (including phenoxy) is 2. The second kappa shape index (κ2) is 54.7. The smallest absolute Gasteiger partial charge is 0.220 e. The summed E-state index contributed by atoms with van der Waals surface area (Å²) >= 11 is 0. The largest absolute Gasteiger partial charge is 0.394 e. The summed E-state index contributed by atoms with van der Waals surface area (Å²) in [6, 6.07) is -0.733. The van der Waals surface area contributed by atoms with Gasteiger partial charge in [0, 0.05) is 6.42 Å². The first-order valence-electron chi connectivity index (χ1n) is 30.4. The number of hydrogen-bond donors (Lipinski definition) is 6. The third-order valence-corrected chi connectivity index (χ3v) is 13.5. The summed E-state index contributed by atoms with van der Waals surface area (Å²) in [7, 11) is 0. The Labute approximate surface area is 464 Å². The predicted octanol–water partition coefficient (Wildman–Crippen LogP) is 15.7. The van der Waals surface area contributed by atoms with Crippen LogP contribution in [0.1, 0.15) is 226 Å². The van der Waals surface area contributed by atoms with Crippen molar-refractivity contribution in [3.8, 4) is 0 Å². The molecule has 1 aliphatic rings. The second-order valence-corrected chi connectivity index (χ2v) is 20.4. The van der Waals surface area contributed by atoms with Crippen LogP contribution in [0.25, 0.3) is 0 Å². The van der Waals surface area contributed by atoms with E-state index in [4.69, 9.17) is 9.47 Å². The van der Waals surface area contributed by atoms with E-state index in [0.29, 0.717) is 12.8 Å². The molecule has 76 heavy (non-hydrogen) atoms. The number of unbranched alkanes of at least 4 members (excludes halogenated alkanes) is 18. The lowest BCUT2D eigenvalue weighted by Crippen LogP contribution is -2.60. The van der Waals surface area contributed by atoms with Crippen LogP contribution in [-0.4, -0.2) is 87.5 Å². The van der Waals surface area contributed by atoms with E-state index in [2.05, 4.69) is 153 Å². The fourth-order valence-corrected chi connectivity index (χ4v) is 8.75. The summed E-state index contributed by atoms with van der Waals surface area (Å²) in [4.78, 5) is 13.1. The van der Waals surface area contributed by atoms with E-state index in [0.717, 1.165) is 122 Å². The Hall–Kier alpha value is -3.67. The van der Waals surface area contributed by atoms with Crippen LogP contribution in [0, 0.1) is 0 Å². The number of carbonyl (C=O) groups excluding carboxylic acids is 1. The molecule has 1 fully saturated rings. The van der Waals surface area contributed by atoms with Gasteiger partial charge in [0.15, 0.2) is 6.29 Å². The third-order valence-electron chi connectivity index (χ3n) is 13.5. The topological polar surface area (TPSA) is 149 Å². The summed E-state index contributed by atoms with van der Waals surface area (Å²) in [5.74, 6) is -0.162. The number of carbonyl (C=O) groups is 1. The van der Waals surface area contributed by atoms with Crippen molar-refractivity contribution in [2.24, 2.45) is 0 Å². The van der Waals surface area contributed by atoms with Crippen molar-refractivity contribution < 1.29 is 39.8 Å². The van der Waals surface area contributed by atoms with Crippen LogP contribution < -0.4 is 5.32 Å². The molecule has 0 spiro atoms. The highest BCUT2D eigenvalue weighted by molar-refractivity contribution is 5.76. The highest BCUT2D eigenvalue weighted by Crippen LogP contribution is 2.23. The molecule has 1 saturated heterocycles. The zero-order chi connectivity index (χ0) is 55.0. The normalized spacial score (nSPS) is 19.8. The van der Waals surface area contributed by atoms with Gasteiger partial charge in [-0.15, -0.1) is 0 Å². The van der Waals surface area contributed by atoms with Crippen LogP contribution in [0.3, 0.4) is 0 Å².